The van der Waals surface area contributed by atoms with Gasteiger partial charge < -0.3 is 20.4 Å². The van der Waals surface area contributed by atoms with Crippen LogP contribution in [-0.2, 0) is 11.2 Å². The monoisotopic (exact) mass is 453 g/mol. The van der Waals surface area contributed by atoms with Gasteiger partial charge in [0.05, 0.1) is 7.11 Å². The van der Waals surface area contributed by atoms with Gasteiger partial charge in [-0.2, -0.15) is 0 Å². The number of hydrogen-bond donors (Lipinski definition) is 3. The number of rotatable bonds is 8. The SMILES string of the molecule is COc1ccc(-c2[nH]c3ccccc3c2CCC(=O)Nc2cccc(C(=O)NC3CC3)c2)cc1. The van der Waals surface area contributed by atoms with Crippen LogP contribution in [0.15, 0.2) is 72.8 Å². The van der Waals surface area contributed by atoms with E-state index >= 15 is 0 Å². The van der Waals surface area contributed by atoms with Crippen molar-refractivity contribution in [1.82, 2.24) is 10.3 Å². The van der Waals surface area contributed by atoms with Crippen molar-refractivity contribution in [3.63, 3.8) is 0 Å². The second kappa shape index (κ2) is 9.43. The molecule has 2 amide bonds. The fourth-order valence-corrected chi connectivity index (χ4v) is 4.16. The molecule has 0 atom stereocenters. The van der Waals surface area contributed by atoms with Gasteiger partial charge in [-0.1, -0.05) is 24.3 Å². The van der Waals surface area contributed by atoms with E-state index in [9.17, 15) is 9.59 Å². The Morgan fingerprint density at radius 2 is 1.79 bits per heavy atom. The van der Waals surface area contributed by atoms with Gasteiger partial charge in [-0.05, 0) is 78.9 Å². The zero-order chi connectivity index (χ0) is 23.5. The van der Waals surface area contributed by atoms with Gasteiger partial charge in [0.1, 0.15) is 5.75 Å². The molecule has 0 radical (unpaired) electrons. The lowest BCUT2D eigenvalue weighted by molar-refractivity contribution is -0.116. The van der Waals surface area contributed by atoms with Crippen molar-refractivity contribution < 1.29 is 14.3 Å². The van der Waals surface area contributed by atoms with Crippen LogP contribution in [0.2, 0.25) is 0 Å². The molecule has 4 aromatic rings. The van der Waals surface area contributed by atoms with Crippen LogP contribution in [0.25, 0.3) is 22.2 Å². The largest absolute Gasteiger partial charge is 0.497 e. The standard InChI is InChI=1S/C28H27N3O3/c1-34-22-13-9-18(10-14-22)27-24(23-7-2-3-8-25(23)31-27)15-16-26(32)29-21-6-4-5-19(17-21)28(33)30-20-11-12-20/h2-10,13-14,17,20,31H,11-12,15-16H2,1H3,(H,29,32)(H,30,33). The smallest absolute Gasteiger partial charge is 0.251 e. The van der Waals surface area contributed by atoms with E-state index in [1.165, 1.54) is 0 Å². The minimum atomic E-state index is -0.0958. The second-order valence-corrected chi connectivity index (χ2v) is 8.63. The minimum Gasteiger partial charge on any atom is -0.497 e. The molecular weight excluding hydrogens is 426 g/mol. The molecule has 1 saturated carbocycles. The Hall–Kier alpha value is -4.06. The summed E-state index contributed by atoms with van der Waals surface area (Å²) >= 11 is 0. The number of para-hydroxylation sites is 1. The molecule has 1 aromatic heterocycles. The number of anilines is 1. The number of aromatic amines is 1. The number of aryl methyl sites for hydroxylation is 1. The van der Waals surface area contributed by atoms with Crippen molar-refractivity contribution >= 4 is 28.4 Å². The zero-order valence-electron chi connectivity index (χ0n) is 19.1. The van der Waals surface area contributed by atoms with E-state index < -0.39 is 0 Å². The summed E-state index contributed by atoms with van der Waals surface area (Å²) in [6.45, 7) is 0. The summed E-state index contributed by atoms with van der Waals surface area (Å²) in [5.74, 6) is 0.612. The highest BCUT2D eigenvalue weighted by Gasteiger charge is 2.24. The molecule has 1 aliphatic rings. The van der Waals surface area contributed by atoms with Crippen LogP contribution in [0.3, 0.4) is 0 Å². The first-order chi connectivity index (χ1) is 16.6. The number of amides is 2. The molecule has 6 heteroatoms. The summed E-state index contributed by atoms with van der Waals surface area (Å²) in [5, 5.41) is 7.03. The molecule has 0 aliphatic heterocycles. The Labute approximate surface area is 198 Å². The first kappa shape index (κ1) is 21.8. The van der Waals surface area contributed by atoms with Crippen LogP contribution in [-0.4, -0.2) is 29.9 Å². The van der Waals surface area contributed by atoms with Crippen LogP contribution >= 0.6 is 0 Å². The van der Waals surface area contributed by atoms with E-state index in [1.54, 1.807) is 31.4 Å². The van der Waals surface area contributed by atoms with Crippen LogP contribution in [0.5, 0.6) is 5.75 Å². The van der Waals surface area contributed by atoms with Crippen molar-refractivity contribution in [2.75, 3.05) is 12.4 Å². The van der Waals surface area contributed by atoms with Crippen molar-refractivity contribution in [3.05, 3.63) is 83.9 Å². The van der Waals surface area contributed by atoms with Gasteiger partial charge in [0.2, 0.25) is 5.91 Å². The van der Waals surface area contributed by atoms with E-state index in [2.05, 4.69) is 21.7 Å². The first-order valence-electron chi connectivity index (χ1n) is 11.6. The van der Waals surface area contributed by atoms with E-state index in [4.69, 9.17) is 4.74 Å². The number of ether oxygens (including phenoxy) is 1. The number of nitrogens with one attached hydrogen (secondary N) is 3. The van der Waals surface area contributed by atoms with Gasteiger partial charge in [0, 0.05) is 40.3 Å². The van der Waals surface area contributed by atoms with E-state index in [0.29, 0.717) is 30.1 Å². The molecule has 3 aromatic carbocycles. The van der Waals surface area contributed by atoms with Crippen molar-refractivity contribution in [2.45, 2.75) is 31.7 Å². The molecule has 0 unspecified atom stereocenters. The second-order valence-electron chi connectivity index (χ2n) is 8.63. The fraction of sp³-hybridized carbons (Fsp3) is 0.214. The van der Waals surface area contributed by atoms with Gasteiger partial charge in [-0.3, -0.25) is 9.59 Å². The third-order valence-electron chi connectivity index (χ3n) is 6.12. The van der Waals surface area contributed by atoms with Crippen LogP contribution in [0.1, 0.15) is 35.2 Å². The third-order valence-corrected chi connectivity index (χ3v) is 6.12. The number of methoxy groups -OCH3 is 1. The maximum Gasteiger partial charge on any atom is 0.251 e. The maximum atomic E-state index is 12.8. The Bertz CT molecular complexity index is 1340. The Balaban J connectivity index is 1.31. The Morgan fingerprint density at radius 3 is 2.56 bits per heavy atom. The first-order valence-corrected chi connectivity index (χ1v) is 11.6. The Kier molecular flexibility index (Phi) is 6.04. The van der Waals surface area contributed by atoms with Gasteiger partial charge in [-0.25, -0.2) is 0 Å². The Morgan fingerprint density at radius 1 is 1.00 bits per heavy atom. The summed E-state index contributed by atoms with van der Waals surface area (Å²) in [5.41, 5.74) is 5.38. The number of carbonyl (C=O) groups excluding carboxylic acids is 2. The summed E-state index contributed by atoms with van der Waals surface area (Å²) in [4.78, 5) is 28.6. The topological polar surface area (TPSA) is 83.2 Å². The minimum absolute atomic E-state index is 0.0919. The molecular formula is C28H27N3O3. The molecule has 1 fully saturated rings. The molecule has 1 aliphatic carbocycles. The summed E-state index contributed by atoms with van der Waals surface area (Å²) in [7, 11) is 1.65. The molecule has 172 valence electrons. The highest BCUT2D eigenvalue weighted by molar-refractivity contribution is 5.98. The lowest BCUT2D eigenvalue weighted by Crippen LogP contribution is -2.25. The molecule has 3 N–H and O–H groups in total. The highest BCUT2D eigenvalue weighted by Crippen LogP contribution is 2.32. The lowest BCUT2D eigenvalue weighted by Gasteiger charge is -2.09. The number of aromatic nitrogens is 1. The van der Waals surface area contributed by atoms with Crippen LogP contribution in [0.4, 0.5) is 5.69 Å². The number of benzene rings is 3. The summed E-state index contributed by atoms with van der Waals surface area (Å²) in [6.07, 6.45) is 2.98. The van der Waals surface area contributed by atoms with Crippen molar-refractivity contribution in [2.24, 2.45) is 0 Å². The molecule has 0 bridgehead atoms. The van der Waals surface area contributed by atoms with Gasteiger partial charge in [-0.15, -0.1) is 0 Å². The van der Waals surface area contributed by atoms with E-state index in [1.807, 2.05) is 42.5 Å². The molecule has 0 saturated heterocycles. The van der Waals surface area contributed by atoms with Gasteiger partial charge in [0.25, 0.3) is 5.91 Å². The third kappa shape index (κ3) is 4.81. The molecule has 0 spiro atoms. The fourth-order valence-electron chi connectivity index (χ4n) is 4.16. The van der Waals surface area contributed by atoms with Crippen LogP contribution in [0, 0.1) is 0 Å². The quantitative estimate of drug-likeness (QED) is 0.338. The molecule has 34 heavy (non-hydrogen) atoms. The summed E-state index contributed by atoms with van der Waals surface area (Å²) < 4.78 is 5.29. The number of carbonyl (C=O) groups is 2. The summed E-state index contributed by atoms with van der Waals surface area (Å²) in [6, 6.07) is 23.4. The zero-order valence-corrected chi connectivity index (χ0v) is 19.1. The average Bonchev–Trinajstić information content (AvgIpc) is 3.60. The molecule has 6 nitrogen and oxygen atoms in total. The number of fused-ring (bicyclic) bond motifs is 1. The average molecular weight is 454 g/mol. The van der Waals surface area contributed by atoms with Gasteiger partial charge >= 0.3 is 0 Å². The van der Waals surface area contributed by atoms with Crippen molar-refractivity contribution in [3.8, 4) is 17.0 Å². The predicted octanol–water partition coefficient (Wildman–Crippen LogP) is 5.31. The molecule has 1 heterocycles. The highest BCUT2D eigenvalue weighted by atomic mass is 16.5. The number of H-pyrrole nitrogens is 1. The maximum absolute atomic E-state index is 12.8. The van der Waals surface area contributed by atoms with Crippen LogP contribution < -0.4 is 15.4 Å². The van der Waals surface area contributed by atoms with Gasteiger partial charge in [0.15, 0.2) is 0 Å². The normalized spacial score (nSPS) is 13.0. The van der Waals surface area contributed by atoms with Crippen molar-refractivity contribution in [1.29, 1.82) is 0 Å². The number of hydrogen-bond acceptors (Lipinski definition) is 3. The predicted molar refractivity (Wildman–Crippen MR) is 134 cm³/mol. The van der Waals surface area contributed by atoms with E-state index in [-0.39, 0.29) is 11.8 Å². The molecule has 5 rings (SSSR count). The van der Waals surface area contributed by atoms with E-state index in [0.717, 1.165) is 46.3 Å². The lowest BCUT2D eigenvalue weighted by atomic mass is 10.0.